The molecule has 0 bridgehead atoms. The van der Waals surface area contributed by atoms with Crippen molar-refractivity contribution < 1.29 is 4.39 Å². The van der Waals surface area contributed by atoms with Crippen molar-refractivity contribution in [2.75, 3.05) is 6.54 Å². The van der Waals surface area contributed by atoms with Gasteiger partial charge in [0.15, 0.2) is 0 Å². The number of halogens is 1. The van der Waals surface area contributed by atoms with Crippen LogP contribution in [0.4, 0.5) is 4.39 Å². The fourth-order valence-corrected chi connectivity index (χ4v) is 2.29. The van der Waals surface area contributed by atoms with Crippen LogP contribution in [0.1, 0.15) is 29.5 Å². The highest BCUT2D eigenvalue weighted by Gasteiger charge is 2.12. The number of rotatable bonds is 5. The van der Waals surface area contributed by atoms with Crippen LogP contribution in [0.3, 0.4) is 0 Å². The number of hydrogen-bond acceptors (Lipinski definition) is 1. The lowest BCUT2D eigenvalue weighted by Crippen LogP contribution is -2.15. The first-order valence-electron chi connectivity index (χ1n) is 6.77. The summed E-state index contributed by atoms with van der Waals surface area (Å²) in [5.74, 6) is 0.0222. The van der Waals surface area contributed by atoms with Gasteiger partial charge < -0.3 is 5.73 Å². The van der Waals surface area contributed by atoms with E-state index in [1.54, 1.807) is 6.07 Å². The Morgan fingerprint density at radius 1 is 1.05 bits per heavy atom. The summed E-state index contributed by atoms with van der Waals surface area (Å²) in [5.41, 5.74) is 9.08. The van der Waals surface area contributed by atoms with E-state index in [0.29, 0.717) is 13.0 Å². The third kappa shape index (κ3) is 3.42. The average Bonchev–Trinajstić information content (AvgIpc) is 2.47. The Kier molecular flexibility index (Phi) is 4.69. The molecule has 0 radical (unpaired) electrons. The summed E-state index contributed by atoms with van der Waals surface area (Å²) in [6.07, 6.45) is 1.68. The van der Waals surface area contributed by atoms with Gasteiger partial charge in [0.05, 0.1) is 0 Å². The van der Waals surface area contributed by atoms with Crippen LogP contribution in [-0.2, 0) is 12.8 Å². The summed E-state index contributed by atoms with van der Waals surface area (Å²) in [6.45, 7) is 2.66. The molecule has 0 spiro atoms. The molecule has 19 heavy (non-hydrogen) atoms. The fraction of sp³-hybridized carbons (Fsp3) is 0.294. The van der Waals surface area contributed by atoms with Crippen molar-refractivity contribution in [1.82, 2.24) is 0 Å². The van der Waals surface area contributed by atoms with Gasteiger partial charge in [-0.3, -0.25) is 0 Å². The Morgan fingerprint density at radius 2 is 1.74 bits per heavy atom. The van der Waals surface area contributed by atoms with Crippen LogP contribution in [-0.4, -0.2) is 6.54 Å². The van der Waals surface area contributed by atoms with Crippen LogP contribution in [0.5, 0.6) is 0 Å². The highest BCUT2D eigenvalue weighted by molar-refractivity contribution is 5.28. The van der Waals surface area contributed by atoms with E-state index in [9.17, 15) is 4.39 Å². The van der Waals surface area contributed by atoms with Gasteiger partial charge in [-0.15, -0.1) is 0 Å². The summed E-state index contributed by atoms with van der Waals surface area (Å²) in [4.78, 5) is 0. The van der Waals surface area contributed by atoms with Crippen LogP contribution in [0.2, 0.25) is 0 Å². The standard InChI is InChI=1S/C17H20FN/c1-2-13-7-9-14(10-8-13)16(12-19)11-15-5-3-4-6-17(15)18/h3-10,16H,2,11-12,19H2,1H3. The monoisotopic (exact) mass is 257 g/mol. The first-order valence-corrected chi connectivity index (χ1v) is 6.77. The van der Waals surface area contributed by atoms with Crippen molar-refractivity contribution in [2.45, 2.75) is 25.7 Å². The minimum Gasteiger partial charge on any atom is -0.330 e. The Hall–Kier alpha value is -1.67. The summed E-state index contributed by atoms with van der Waals surface area (Å²) in [7, 11) is 0. The van der Waals surface area contributed by atoms with Gasteiger partial charge in [0, 0.05) is 5.92 Å². The van der Waals surface area contributed by atoms with Gasteiger partial charge in [0.25, 0.3) is 0 Å². The van der Waals surface area contributed by atoms with Gasteiger partial charge in [-0.25, -0.2) is 4.39 Å². The molecule has 2 rings (SSSR count). The summed E-state index contributed by atoms with van der Waals surface area (Å²) >= 11 is 0. The molecule has 0 heterocycles. The molecular formula is C17H20FN. The molecular weight excluding hydrogens is 237 g/mol. The first-order chi connectivity index (χ1) is 9.24. The van der Waals surface area contributed by atoms with E-state index in [2.05, 4.69) is 31.2 Å². The van der Waals surface area contributed by atoms with E-state index in [4.69, 9.17) is 5.73 Å². The van der Waals surface area contributed by atoms with E-state index in [1.165, 1.54) is 17.2 Å². The molecule has 0 aliphatic heterocycles. The van der Waals surface area contributed by atoms with Crippen molar-refractivity contribution in [1.29, 1.82) is 0 Å². The Balaban J connectivity index is 2.17. The van der Waals surface area contributed by atoms with E-state index in [0.717, 1.165) is 12.0 Å². The van der Waals surface area contributed by atoms with Crippen LogP contribution in [0.15, 0.2) is 48.5 Å². The van der Waals surface area contributed by atoms with Crippen molar-refractivity contribution >= 4 is 0 Å². The minimum atomic E-state index is -0.147. The minimum absolute atomic E-state index is 0.147. The maximum absolute atomic E-state index is 13.7. The van der Waals surface area contributed by atoms with E-state index < -0.39 is 0 Å². The molecule has 0 amide bonds. The van der Waals surface area contributed by atoms with E-state index in [-0.39, 0.29) is 11.7 Å². The van der Waals surface area contributed by atoms with Crippen molar-refractivity contribution in [3.05, 3.63) is 71.0 Å². The second-order valence-corrected chi connectivity index (χ2v) is 4.82. The maximum atomic E-state index is 13.7. The van der Waals surface area contributed by atoms with Gasteiger partial charge >= 0.3 is 0 Å². The Bertz CT molecular complexity index is 519. The molecule has 0 saturated carbocycles. The molecule has 0 aromatic heterocycles. The van der Waals surface area contributed by atoms with Gasteiger partial charge in [-0.1, -0.05) is 49.4 Å². The first kappa shape index (κ1) is 13.8. The van der Waals surface area contributed by atoms with Crippen molar-refractivity contribution in [3.63, 3.8) is 0 Å². The Morgan fingerprint density at radius 3 is 2.32 bits per heavy atom. The smallest absolute Gasteiger partial charge is 0.126 e. The average molecular weight is 257 g/mol. The number of benzene rings is 2. The summed E-state index contributed by atoms with van der Waals surface area (Å²) in [6, 6.07) is 15.4. The molecule has 2 aromatic rings. The third-order valence-corrected chi connectivity index (χ3v) is 3.57. The number of nitrogens with two attached hydrogens (primary N) is 1. The number of aryl methyl sites for hydroxylation is 1. The quantitative estimate of drug-likeness (QED) is 0.869. The molecule has 0 fully saturated rings. The fourth-order valence-electron chi connectivity index (χ4n) is 2.29. The lowest BCUT2D eigenvalue weighted by atomic mass is 9.91. The molecule has 1 nitrogen and oxygen atoms in total. The molecule has 100 valence electrons. The topological polar surface area (TPSA) is 26.0 Å². The van der Waals surface area contributed by atoms with E-state index in [1.807, 2.05) is 12.1 Å². The van der Waals surface area contributed by atoms with Gasteiger partial charge in [-0.05, 0) is 42.1 Å². The predicted octanol–water partition coefficient (Wildman–Crippen LogP) is 3.67. The summed E-state index contributed by atoms with van der Waals surface area (Å²) < 4.78 is 13.7. The molecule has 0 aliphatic rings. The van der Waals surface area contributed by atoms with Crippen LogP contribution >= 0.6 is 0 Å². The normalized spacial score (nSPS) is 12.4. The SMILES string of the molecule is CCc1ccc(C(CN)Cc2ccccc2F)cc1. The third-order valence-electron chi connectivity index (χ3n) is 3.57. The Labute approximate surface area is 114 Å². The lowest BCUT2D eigenvalue weighted by molar-refractivity contribution is 0.590. The van der Waals surface area contributed by atoms with Gasteiger partial charge in [-0.2, -0.15) is 0 Å². The molecule has 2 N–H and O–H groups in total. The highest BCUT2D eigenvalue weighted by Crippen LogP contribution is 2.22. The predicted molar refractivity (Wildman–Crippen MR) is 77.7 cm³/mol. The zero-order valence-electron chi connectivity index (χ0n) is 11.3. The maximum Gasteiger partial charge on any atom is 0.126 e. The van der Waals surface area contributed by atoms with E-state index >= 15 is 0 Å². The second-order valence-electron chi connectivity index (χ2n) is 4.82. The van der Waals surface area contributed by atoms with Crippen LogP contribution in [0, 0.1) is 5.82 Å². The molecule has 2 heteroatoms. The van der Waals surface area contributed by atoms with Gasteiger partial charge in [0.1, 0.15) is 5.82 Å². The molecule has 0 saturated heterocycles. The van der Waals surface area contributed by atoms with Crippen molar-refractivity contribution in [2.24, 2.45) is 5.73 Å². The van der Waals surface area contributed by atoms with Crippen LogP contribution < -0.4 is 5.73 Å². The highest BCUT2D eigenvalue weighted by atomic mass is 19.1. The zero-order chi connectivity index (χ0) is 13.7. The molecule has 2 aromatic carbocycles. The lowest BCUT2D eigenvalue weighted by Gasteiger charge is -2.16. The van der Waals surface area contributed by atoms with Crippen molar-refractivity contribution in [3.8, 4) is 0 Å². The number of hydrogen-bond donors (Lipinski definition) is 1. The molecule has 1 unspecified atom stereocenters. The largest absolute Gasteiger partial charge is 0.330 e. The second kappa shape index (κ2) is 6.48. The van der Waals surface area contributed by atoms with Gasteiger partial charge in [0.2, 0.25) is 0 Å². The molecule has 1 atom stereocenters. The zero-order valence-corrected chi connectivity index (χ0v) is 11.3. The van der Waals surface area contributed by atoms with Crippen LogP contribution in [0.25, 0.3) is 0 Å². The molecule has 0 aliphatic carbocycles. The summed E-state index contributed by atoms with van der Waals surface area (Å²) in [5, 5.41) is 0.